The van der Waals surface area contributed by atoms with Gasteiger partial charge in [-0.2, -0.15) is 0 Å². The molecule has 4 aliphatic heterocycles. The smallest absolute Gasteiger partial charge is 0.331 e. The predicted molar refractivity (Wildman–Crippen MR) is 272 cm³/mol. The van der Waals surface area contributed by atoms with Crippen LogP contribution in [0.25, 0.3) is 0 Å². The molecule has 466 valence electrons. The van der Waals surface area contributed by atoms with E-state index in [0.717, 1.165) is 6.08 Å². The van der Waals surface area contributed by atoms with Gasteiger partial charge in [0.2, 0.25) is 0 Å². The molecule has 14 N–H and O–H groups in total. The van der Waals surface area contributed by atoms with Crippen LogP contribution in [0, 0.1) is 17.8 Å². The van der Waals surface area contributed by atoms with Crippen molar-refractivity contribution in [1.29, 1.82) is 0 Å². The Bertz CT molecular complexity index is 2210. The summed E-state index contributed by atoms with van der Waals surface area (Å²) in [5.41, 5.74) is 0.441. The Morgan fingerprint density at radius 3 is 1.93 bits per heavy atom. The van der Waals surface area contributed by atoms with Gasteiger partial charge in [-0.3, -0.25) is 0 Å². The number of aliphatic hydroxyl groups excluding tert-OH is 14. The molecule has 4 saturated heterocycles. The number of fused-ring (bicyclic) bond motifs is 1. The highest BCUT2D eigenvalue weighted by molar-refractivity contribution is 5.83. The monoisotopic (exact) mass is 1180 g/mol. The molecule has 4 aliphatic carbocycles. The molecular weight excluding hydrogens is 1100 g/mol. The van der Waals surface area contributed by atoms with E-state index in [1.54, 1.807) is 6.08 Å². The summed E-state index contributed by atoms with van der Waals surface area (Å²) in [6.45, 7) is -2.36. The highest BCUT2D eigenvalue weighted by Gasteiger charge is 2.57. The van der Waals surface area contributed by atoms with E-state index in [9.17, 15) is 81.1 Å². The van der Waals surface area contributed by atoms with Gasteiger partial charge in [0.25, 0.3) is 0 Å². The van der Waals surface area contributed by atoms with E-state index in [0.29, 0.717) is 24.8 Å². The molecule has 0 aromatic heterocycles. The van der Waals surface area contributed by atoms with E-state index in [4.69, 9.17) is 56.8 Å². The lowest BCUT2D eigenvalue weighted by molar-refractivity contribution is -0.380. The van der Waals surface area contributed by atoms with Crippen molar-refractivity contribution < 1.29 is 138 Å². The highest BCUT2D eigenvalue weighted by Crippen LogP contribution is 2.46. The van der Waals surface area contributed by atoms with Gasteiger partial charge in [-0.25, -0.2) is 9.59 Å². The van der Waals surface area contributed by atoms with E-state index in [2.05, 4.69) is 0 Å². The second kappa shape index (κ2) is 28.9. The van der Waals surface area contributed by atoms with Crippen LogP contribution in [0.5, 0.6) is 0 Å². The van der Waals surface area contributed by atoms with Gasteiger partial charge >= 0.3 is 11.9 Å². The first kappa shape index (κ1) is 64.6. The van der Waals surface area contributed by atoms with Crippen molar-refractivity contribution in [1.82, 2.24) is 0 Å². The summed E-state index contributed by atoms with van der Waals surface area (Å²) in [5.74, 6) is -3.56. The molecule has 0 radical (unpaired) electrons. The third kappa shape index (κ3) is 14.9. The summed E-state index contributed by atoms with van der Waals surface area (Å²) in [7, 11) is 4.16. The number of methoxy groups -OCH3 is 3. The van der Waals surface area contributed by atoms with Crippen molar-refractivity contribution in [2.75, 3.05) is 41.2 Å². The van der Waals surface area contributed by atoms with E-state index >= 15 is 0 Å². The lowest BCUT2D eigenvalue weighted by Crippen LogP contribution is -2.66. The van der Waals surface area contributed by atoms with Gasteiger partial charge in [0, 0.05) is 45.1 Å². The molecule has 28 unspecified atom stereocenters. The quantitative estimate of drug-likeness (QED) is 0.0431. The molecule has 0 spiro atoms. The number of hydrogen-bond acceptors (Lipinski definition) is 28. The fourth-order valence-corrected chi connectivity index (χ4v) is 12.4. The number of carbonyl (C=O) groups is 2. The Morgan fingerprint density at radius 1 is 0.598 bits per heavy atom. The predicted octanol–water partition coefficient (Wildman–Crippen LogP) is -4.22. The maximum Gasteiger partial charge on any atom is 0.331 e. The van der Waals surface area contributed by atoms with Gasteiger partial charge in [-0.15, -0.1) is 0 Å². The minimum Gasteiger partial charge on any atom is -0.506 e. The van der Waals surface area contributed by atoms with Crippen molar-refractivity contribution in [3.05, 3.63) is 47.5 Å². The van der Waals surface area contributed by atoms with Gasteiger partial charge in [0.15, 0.2) is 36.5 Å². The molecule has 3 saturated carbocycles. The fourth-order valence-electron chi connectivity index (χ4n) is 12.4. The van der Waals surface area contributed by atoms with Crippen LogP contribution in [0.15, 0.2) is 47.5 Å². The number of rotatable bonds is 19. The molecule has 28 nitrogen and oxygen atoms in total. The Hall–Kier alpha value is -3.38. The average molecular weight is 1180 g/mol. The minimum atomic E-state index is -2.07. The van der Waals surface area contributed by atoms with Crippen LogP contribution in [0.3, 0.4) is 0 Å². The molecular formula is C54H82O28. The molecule has 82 heavy (non-hydrogen) atoms. The number of carbonyl (C=O) groups excluding carboxylic acids is 2. The molecule has 0 aromatic rings. The molecule has 4 heterocycles. The normalized spacial score (nSPS) is 45.8. The van der Waals surface area contributed by atoms with Crippen LogP contribution in [-0.2, 0) is 66.4 Å². The van der Waals surface area contributed by atoms with Gasteiger partial charge in [-0.1, -0.05) is 12.2 Å². The second-order valence-electron chi connectivity index (χ2n) is 22.5. The van der Waals surface area contributed by atoms with Gasteiger partial charge in [0.05, 0.1) is 75.3 Å². The number of aliphatic hydroxyl groups is 14. The molecule has 0 aromatic carbocycles. The summed E-state index contributed by atoms with van der Waals surface area (Å²) in [4.78, 5) is 26.9. The van der Waals surface area contributed by atoms with Crippen LogP contribution < -0.4 is 0 Å². The first-order valence-corrected chi connectivity index (χ1v) is 27.9. The largest absolute Gasteiger partial charge is 0.506 e. The van der Waals surface area contributed by atoms with Crippen LogP contribution in [0.1, 0.15) is 64.2 Å². The topological polar surface area (TPSA) is 428 Å². The lowest BCUT2D eigenvalue weighted by atomic mass is 9.72. The maximum absolute atomic E-state index is 13.6. The Morgan fingerprint density at radius 2 is 1.24 bits per heavy atom. The summed E-state index contributed by atoms with van der Waals surface area (Å²) >= 11 is 0. The van der Waals surface area contributed by atoms with Crippen LogP contribution in [0.2, 0.25) is 0 Å². The maximum atomic E-state index is 13.6. The SMILES string of the molecule is COC1=C(O)C(OC)CC(C=CC(=O)OC2C(OC3C(OC4CC5C(OC6OC(CO)C(O)C(O)C6O)CC(O)CC5OC4C4CCC(O)C(O)C4)OC(COC(=O)C=CC4CCC(O)C(OC)C4)C(O)C3O)OC(CO)C(O)C2O)=C1. The van der Waals surface area contributed by atoms with Crippen LogP contribution in [-0.4, -0.2) is 278 Å². The molecule has 0 bridgehead atoms. The van der Waals surface area contributed by atoms with Gasteiger partial charge < -0.3 is 128 Å². The van der Waals surface area contributed by atoms with Crippen LogP contribution in [0.4, 0.5) is 0 Å². The molecule has 28 atom stereocenters. The number of esters is 2. The summed E-state index contributed by atoms with van der Waals surface area (Å²) in [5, 5.41) is 152. The Balaban J connectivity index is 1.09. The van der Waals surface area contributed by atoms with E-state index < -0.39 is 197 Å². The Kier molecular flexibility index (Phi) is 22.8. The first-order chi connectivity index (χ1) is 39.2. The first-order valence-electron chi connectivity index (χ1n) is 27.9. The van der Waals surface area contributed by atoms with E-state index in [1.165, 1.54) is 39.6 Å². The third-order valence-electron chi connectivity index (χ3n) is 17.2. The molecule has 0 amide bonds. The zero-order chi connectivity index (χ0) is 59.3. The average Bonchev–Trinajstić information content (AvgIpc) is 3.54. The van der Waals surface area contributed by atoms with Crippen LogP contribution >= 0.6 is 0 Å². The van der Waals surface area contributed by atoms with Crippen molar-refractivity contribution in [2.45, 2.75) is 217 Å². The highest BCUT2D eigenvalue weighted by atomic mass is 16.8. The summed E-state index contributed by atoms with van der Waals surface area (Å²) in [6.07, 6.45) is -28.1. The zero-order valence-electron chi connectivity index (χ0n) is 45.7. The van der Waals surface area contributed by atoms with E-state index in [-0.39, 0.29) is 62.4 Å². The van der Waals surface area contributed by atoms with Gasteiger partial charge in [0.1, 0.15) is 79.9 Å². The number of allylic oxidation sites excluding steroid dienone is 3. The second-order valence-corrected chi connectivity index (χ2v) is 22.5. The molecule has 28 heteroatoms. The zero-order valence-corrected chi connectivity index (χ0v) is 45.7. The van der Waals surface area contributed by atoms with Crippen molar-refractivity contribution in [2.24, 2.45) is 17.8 Å². The van der Waals surface area contributed by atoms with Crippen molar-refractivity contribution >= 4 is 11.9 Å². The Labute approximate surface area is 472 Å². The number of ether oxygens (including phenoxy) is 12. The van der Waals surface area contributed by atoms with Crippen molar-refractivity contribution in [3.63, 3.8) is 0 Å². The standard InChI is InChI=1S/C54H82O28/c1-71-32-12-22(4-8-28(32)59)5-10-39(61)74-21-38-44(66)47(69)51(82-54-50(46(68)43(65)37(20-56)79-54)81-40(62)11-6-23-13-33(72-2)41(63)34(14-23)73-3)53(80-38)77-35-18-26-30(75-49(35)24-7-9-27(58)29(60)15-24)16-25(57)17-31(26)76-52-48(70)45(67)42(64)36(19-55)78-52/h5-6,10-11,13,22,24-32,34-38,42-60,63-70H,4,7-9,12,14-21H2,1-3H3. The molecule has 8 aliphatic rings. The molecule has 7 fully saturated rings. The van der Waals surface area contributed by atoms with Gasteiger partial charge in [-0.05, 0) is 74.9 Å². The number of hydrogen-bond donors (Lipinski definition) is 14. The summed E-state index contributed by atoms with van der Waals surface area (Å²) < 4.78 is 71.3. The molecule has 8 rings (SSSR count). The van der Waals surface area contributed by atoms with E-state index in [1.807, 2.05) is 0 Å². The lowest BCUT2D eigenvalue weighted by Gasteiger charge is -2.53. The minimum absolute atomic E-state index is 0.0000159. The van der Waals surface area contributed by atoms with Crippen molar-refractivity contribution in [3.8, 4) is 0 Å². The third-order valence-corrected chi connectivity index (χ3v) is 17.2. The fraction of sp³-hybridized carbons (Fsp3) is 0.815. The summed E-state index contributed by atoms with van der Waals surface area (Å²) in [6, 6.07) is 0.